The number of hydrogen-bond acceptors (Lipinski definition) is 4. The molecule has 0 aliphatic carbocycles. The summed E-state index contributed by atoms with van der Waals surface area (Å²) >= 11 is 0. The van der Waals surface area contributed by atoms with Gasteiger partial charge in [-0.2, -0.15) is 0 Å². The Kier molecular flexibility index (Phi) is 6.72. The van der Waals surface area contributed by atoms with Gasteiger partial charge in [-0.05, 0) is 39.5 Å². The van der Waals surface area contributed by atoms with E-state index in [4.69, 9.17) is 4.74 Å². The molecule has 2 aliphatic rings. The first kappa shape index (κ1) is 21.2. The highest BCUT2D eigenvalue weighted by molar-refractivity contribution is 5.69. The van der Waals surface area contributed by atoms with E-state index in [1.807, 2.05) is 20.8 Å². The van der Waals surface area contributed by atoms with Gasteiger partial charge in [-0.15, -0.1) is 0 Å². The van der Waals surface area contributed by atoms with Crippen LogP contribution in [0.4, 0.5) is 4.79 Å². The van der Waals surface area contributed by atoms with Crippen LogP contribution in [0.5, 0.6) is 0 Å². The lowest BCUT2D eigenvalue weighted by atomic mass is 9.84. The van der Waals surface area contributed by atoms with Gasteiger partial charge in [0, 0.05) is 31.6 Å². The van der Waals surface area contributed by atoms with Gasteiger partial charge < -0.3 is 15.0 Å². The van der Waals surface area contributed by atoms with Crippen molar-refractivity contribution in [1.29, 1.82) is 0 Å². The molecule has 2 fully saturated rings. The van der Waals surface area contributed by atoms with Gasteiger partial charge in [0.05, 0.1) is 13.0 Å². The number of carbonyl (C=O) groups excluding carboxylic acids is 2. The van der Waals surface area contributed by atoms with Gasteiger partial charge in [-0.3, -0.25) is 4.90 Å². The van der Waals surface area contributed by atoms with E-state index >= 15 is 0 Å². The van der Waals surface area contributed by atoms with Gasteiger partial charge in [0.15, 0.2) is 0 Å². The Labute approximate surface area is 158 Å². The Morgan fingerprint density at radius 1 is 1.12 bits per heavy atom. The molecule has 0 radical (unpaired) electrons. The van der Waals surface area contributed by atoms with Crippen molar-refractivity contribution in [2.24, 2.45) is 11.3 Å². The maximum absolute atomic E-state index is 13.0. The third kappa shape index (κ3) is 5.95. The zero-order chi connectivity index (χ0) is 19.5. The molecular weight excluding hydrogens is 330 g/mol. The quantitative estimate of drug-likeness (QED) is 0.774. The fraction of sp³-hybridized carbons (Fsp3) is 0.900. The molecule has 0 aromatic carbocycles. The fourth-order valence-electron chi connectivity index (χ4n) is 3.97. The van der Waals surface area contributed by atoms with Crippen molar-refractivity contribution in [3.63, 3.8) is 0 Å². The number of likely N-dealkylation sites (tertiary alicyclic amines) is 1. The molecule has 0 bridgehead atoms. The second-order valence-corrected chi connectivity index (χ2v) is 9.94. The van der Waals surface area contributed by atoms with Crippen LogP contribution < -0.4 is 10.2 Å². The first-order valence-corrected chi connectivity index (χ1v) is 10.0. The Bertz CT molecular complexity index is 499. The van der Waals surface area contributed by atoms with Gasteiger partial charge in [-0.25, -0.2) is 9.59 Å². The molecule has 6 heteroatoms. The fourth-order valence-corrected chi connectivity index (χ4v) is 3.97. The summed E-state index contributed by atoms with van der Waals surface area (Å²) in [5.41, 5.74) is -0.351. The molecule has 2 unspecified atom stereocenters. The summed E-state index contributed by atoms with van der Waals surface area (Å²) in [7, 11) is 0. The number of nitrogens with zero attached hydrogens (tertiary/aromatic N) is 1. The van der Waals surface area contributed by atoms with E-state index < -0.39 is 5.60 Å². The maximum Gasteiger partial charge on any atom is 0.410 e. The zero-order valence-corrected chi connectivity index (χ0v) is 17.5. The molecule has 2 atom stereocenters. The van der Waals surface area contributed by atoms with E-state index in [9.17, 15) is 9.59 Å². The lowest BCUT2D eigenvalue weighted by Gasteiger charge is -2.40. The Morgan fingerprint density at radius 3 is 2.27 bits per heavy atom. The first-order chi connectivity index (χ1) is 12.0. The summed E-state index contributed by atoms with van der Waals surface area (Å²) in [6.07, 6.45) is 2.17. The van der Waals surface area contributed by atoms with E-state index in [1.54, 1.807) is 4.90 Å². The minimum Gasteiger partial charge on any atom is -0.444 e. The topological polar surface area (TPSA) is 63.1 Å². The number of hydrogen-bond donors (Lipinski definition) is 2. The smallest absolute Gasteiger partial charge is 0.410 e. The summed E-state index contributed by atoms with van der Waals surface area (Å²) in [4.78, 5) is 28.0. The molecule has 2 saturated heterocycles. The first-order valence-electron chi connectivity index (χ1n) is 10.0. The molecule has 6 nitrogen and oxygen atoms in total. The van der Waals surface area contributed by atoms with Crippen molar-refractivity contribution in [3.05, 3.63) is 0 Å². The predicted octanol–water partition coefficient (Wildman–Crippen LogP) is 1.45. The Hall–Kier alpha value is -1.14. The third-order valence-corrected chi connectivity index (χ3v) is 5.48. The zero-order valence-electron chi connectivity index (χ0n) is 17.5. The molecule has 150 valence electrons. The predicted molar refractivity (Wildman–Crippen MR) is 102 cm³/mol. The molecule has 0 aromatic heterocycles. The number of amides is 2. The molecule has 26 heavy (non-hydrogen) atoms. The van der Waals surface area contributed by atoms with Crippen LogP contribution in [0.15, 0.2) is 0 Å². The number of quaternary nitrogens is 1. The van der Waals surface area contributed by atoms with Gasteiger partial charge in [-0.1, -0.05) is 20.8 Å². The highest BCUT2D eigenvalue weighted by Gasteiger charge is 2.40. The van der Waals surface area contributed by atoms with Crippen LogP contribution >= 0.6 is 0 Å². The Balaban J connectivity index is 1.85. The van der Waals surface area contributed by atoms with Crippen molar-refractivity contribution in [3.8, 4) is 0 Å². The van der Waals surface area contributed by atoms with Crippen molar-refractivity contribution < 1.29 is 19.2 Å². The molecule has 2 heterocycles. The van der Waals surface area contributed by atoms with Crippen LogP contribution in [0, 0.1) is 11.3 Å². The minimum absolute atomic E-state index is 0.110. The average molecular weight is 369 g/mol. The third-order valence-electron chi connectivity index (χ3n) is 5.48. The minimum atomic E-state index is -0.461. The second-order valence-electron chi connectivity index (χ2n) is 9.94. The van der Waals surface area contributed by atoms with Crippen LogP contribution in [0.25, 0.3) is 0 Å². The highest BCUT2D eigenvalue weighted by Crippen LogP contribution is 2.23. The monoisotopic (exact) mass is 368 g/mol. The normalized spacial score (nSPS) is 25.8. The van der Waals surface area contributed by atoms with Gasteiger partial charge in [0.1, 0.15) is 11.6 Å². The van der Waals surface area contributed by atoms with Crippen LogP contribution in [0.2, 0.25) is 0 Å². The lowest BCUT2D eigenvalue weighted by molar-refractivity contribution is -0.859. The average Bonchev–Trinajstić information content (AvgIpc) is 2.53. The number of carbonyl (C=O) groups is 2. The standard InChI is InChI=1S/C20H37N3O3/c1-19(2,3)16-14-21-9-12-23(16)17(24)13-15-7-10-22(11-8-15)18(25)26-20(4,5)6/h15-16,21H,7-14H2,1-6H3/p+1. The number of rotatable bonds is 2. The summed E-state index contributed by atoms with van der Waals surface area (Å²) in [6, 6.07) is 0.325. The van der Waals surface area contributed by atoms with Gasteiger partial charge >= 0.3 is 12.0 Å². The Morgan fingerprint density at radius 2 is 1.73 bits per heavy atom. The van der Waals surface area contributed by atoms with Crippen molar-refractivity contribution in [1.82, 2.24) is 10.2 Å². The van der Waals surface area contributed by atoms with Gasteiger partial charge in [0.25, 0.3) is 0 Å². The van der Waals surface area contributed by atoms with E-state index in [1.165, 1.54) is 0 Å². The van der Waals surface area contributed by atoms with Crippen molar-refractivity contribution in [2.45, 2.75) is 72.4 Å². The molecule has 2 rings (SSSR count). The molecule has 2 aliphatic heterocycles. The van der Waals surface area contributed by atoms with Crippen LogP contribution in [-0.2, 0) is 9.53 Å². The molecule has 0 aromatic rings. The van der Waals surface area contributed by atoms with E-state index in [2.05, 4.69) is 26.1 Å². The SMILES string of the molecule is CC(C)(C)OC(=O)N1CCC(CC(=O)[NH+]2CCNCC2C(C)(C)C)CC1. The van der Waals surface area contributed by atoms with E-state index in [-0.39, 0.29) is 11.5 Å². The molecule has 0 spiro atoms. The largest absolute Gasteiger partial charge is 0.444 e. The van der Waals surface area contributed by atoms with E-state index in [0.29, 0.717) is 37.4 Å². The lowest BCUT2D eigenvalue weighted by Crippen LogP contribution is -3.22. The highest BCUT2D eigenvalue weighted by atomic mass is 16.6. The molecule has 2 amide bonds. The summed E-state index contributed by atoms with van der Waals surface area (Å²) in [5, 5.41) is 3.44. The van der Waals surface area contributed by atoms with Crippen LogP contribution in [0.1, 0.15) is 60.8 Å². The number of ether oxygens (including phenoxy) is 1. The number of nitrogens with one attached hydrogen (secondary N) is 2. The van der Waals surface area contributed by atoms with Crippen LogP contribution in [-0.4, -0.2) is 61.3 Å². The summed E-state index contributed by atoms with van der Waals surface area (Å²) < 4.78 is 5.45. The van der Waals surface area contributed by atoms with Crippen molar-refractivity contribution >= 4 is 12.0 Å². The molecule has 2 N–H and O–H groups in total. The number of piperazine rings is 1. The van der Waals surface area contributed by atoms with E-state index in [0.717, 1.165) is 37.4 Å². The maximum atomic E-state index is 13.0. The van der Waals surface area contributed by atoms with Crippen molar-refractivity contribution in [2.75, 3.05) is 32.7 Å². The second kappa shape index (κ2) is 8.26. The summed E-state index contributed by atoms with van der Waals surface area (Å²) in [6.45, 7) is 16.4. The van der Waals surface area contributed by atoms with Crippen LogP contribution in [0.3, 0.4) is 0 Å². The summed E-state index contributed by atoms with van der Waals surface area (Å²) in [5.74, 6) is 0.728. The molecular formula is C20H38N3O3+. The van der Waals surface area contributed by atoms with Gasteiger partial charge in [0.2, 0.25) is 0 Å². The number of piperidine rings is 1. The molecule has 0 saturated carbocycles.